The molecule has 2 aliphatic rings. The first-order chi connectivity index (χ1) is 13.6. The fourth-order valence-corrected chi connectivity index (χ4v) is 5.23. The molecule has 1 aliphatic heterocycles. The third-order valence-electron chi connectivity index (χ3n) is 6.74. The van der Waals surface area contributed by atoms with Crippen LogP contribution < -0.4 is 10.1 Å². The SMILES string of the molecule is COc1cccc(C23CCN(C)CC2CC[C@H](NC(=O)c2ccccc2)C3)c1. The number of carbonyl (C=O) groups excluding carboxylic acids is 1. The highest BCUT2D eigenvalue weighted by Gasteiger charge is 2.47. The van der Waals surface area contributed by atoms with E-state index in [0.29, 0.717) is 5.92 Å². The van der Waals surface area contributed by atoms with Crippen molar-refractivity contribution in [3.8, 4) is 5.75 Å². The van der Waals surface area contributed by atoms with E-state index >= 15 is 0 Å². The summed E-state index contributed by atoms with van der Waals surface area (Å²) in [6.45, 7) is 2.21. The highest BCUT2D eigenvalue weighted by atomic mass is 16.5. The Balaban J connectivity index is 1.60. The Hall–Kier alpha value is -2.33. The molecule has 2 fully saturated rings. The third-order valence-corrected chi connectivity index (χ3v) is 6.74. The topological polar surface area (TPSA) is 41.6 Å². The van der Waals surface area contributed by atoms with Crippen molar-refractivity contribution in [2.24, 2.45) is 5.92 Å². The normalized spacial score (nSPS) is 27.6. The summed E-state index contributed by atoms with van der Waals surface area (Å²) in [7, 11) is 3.95. The lowest BCUT2D eigenvalue weighted by atomic mass is 9.58. The average Bonchev–Trinajstić information content (AvgIpc) is 2.74. The van der Waals surface area contributed by atoms with E-state index in [1.165, 1.54) is 5.56 Å². The van der Waals surface area contributed by atoms with Gasteiger partial charge in [-0.2, -0.15) is 0 Å². The minimum atomic E-state index is 0.0396. The van der Waals surface area contributed by atoms with Crippen molar-refractivity contribution in [2.45, 2.75) is 37.1 Å². The van der Waals surface area contributed by atoms with Gasteiger partial charge in [0.15, 0.2) is 0 Å². The number of ether oxygens (including phenoxy) is 1. The van der Waals surface area contributed by atoms with Crippen LogP contribution >= 0.6 is 0 Å². The van der Waals surface area contributed by atoms with Gasteiger partial charge in [-0.05, 0) is 75.0 Å². The monoisotopic (exact) mass is 378 g/mol. The molecule has 0 radical (unpaired) electrons. The van der Waals surface area contributed by atoms with Crippen molar-refractivity contribution < 1.29 is 9.53 Å². The predicted octanol–water partition coefficient (Wildman–Crippen LogP) is 3.87. The Labute approximate surface area is 167 Å². The molecule has 2 aromatic rings. The van der Waals surface area contributed by atoms with Crippen LogP contribution in [0.3, 0.4) is 0 Å². The number of piperidine rings is 1. The van der Waals surface area contributed by atoms with Gasteiger partial charge in [-0.3, -0.25) is 4.79 Å². The lowest BCUT2D eigenvalue weighted by Gasteiger charge is -2.52. The number of hydrogen-bond acceptors (Lipinski definition) is 3. The van der Waals surface area contributed by atoms with Gasteiger partial charge in [0.2, 0.25) is 0 Å². The second-order valence-corrected chi connectivity index (χ2v) is 8.42. The largest absolute Gasteiger partial charge is 0.497 e. The minimum absolute atomic E-state index is 0.0396. The Morgan fingerprint density at radius 1 is 1.14 bits per heavy atom. The van der Waals surface area contributed by atoms with E-state index in [9.17, 15) is 4.79 Å². The molecule has 2 unspecified atom stereocenters. The first-order valence-electron chi connectivity index (χ1n) is 10.3. The van der Waals surface area contributed by atoms with Gasteiger partial charge in [0.1, 0.15) is 5.75 Å². The van der Waals surface area contributed by atoms with E-state index in [0.717, 1.165) is 50.1 Å². The van der Waals surface area contributed by atoms with Crippen LogP contribution in [0, 0.1) is 5.92 Å². The molecule has 4 rings (SSSR count). The van der Waals surface area contributed by atoms with Crippen molar-refractivity contribution in [2.75, 3.05) is 27.2 Å². The minimum Gasteiger partial charge on any atom is -0.497 e. The summed E-state index contributed by atoms with van der Waals surface area (Å²) < 4.78 is 5.51. The van der Waals surface area contributed by atoms with Crippen LogP contribution in [0.4, 0.5) is 0 Å². The van der Waals surface area contributed by atoms with E-state index in [1.54, 1.807) is 7.11 Å². The zero-order valence-corrected chi connectivity index (χ0v) is 16.9. The number of carbonyl (C=O) groups is 1. The van der Waals surface area contributed by atoms with Crippen molar-refractivity contribution in [3.05, 3.63) is 65.7 Å². The van der Waals surface area contributed by atoms with Crippen LogP contribution in [-0.2, 0) is 5.41 Å². The van der Waals surface area contributed by atoms with E-state index in [4.69, 9.17) is 4.74 Å². The molecule has 1 heterocycles. The average molecular weight is 379 g/mol. The number of methoxy groups -OCH3 is 1. The zero-order chi connectivity index (χ0) is 19.6. The maximum atomic E-state index is 12.7. The molecule has 1 amide bonds. The molecule has 1 N–H and O–H groups in total. The second kappa shape index (κ2) is 7.96. The number of nitrogens with one attached hydrogen (secondary N) is 1. The first-order valence-corrected chi connectivity index (χ1v) is 10.3. The van der Waals surface area contributed by atoms with Crippen LogP contribution in [0.1, 0.15) is 41.6 Å². The fourth-order valence-electron chi connectivity index (χ4n) is 5.23. The van der Waals surface area contributed by atoms with Crippen LogP contribution in [0.2, 0.25) is 0 Å². The number of nitrogens with zero attached hydrogens (tertiary/aromatic N) is 1. The number of hydrogen-bond donors (Lipinski definition) is 1. The lowest BCUT2D eigenvalue weighted by molar-refractivity contribution is 0.0533. The second-order valence-electron chi connectivity index (χ2n) is 8.42. The van der Waals surface area contributed by atoms with Gasteiger partial charge in [-0.25, -0.2) is 0 Å². The maximum Gasteiger partial charge on any atom is 0.251 e. The maximum absolute atomic E-state index is 12.7. The Bertz CT molecular complexity index is 822. The molecule has 2 aromatic carbocycles. The molecular weight excluding hydrogens is 348 g/mol. The Morgan fingerprint density at radius 2 is 1.96 bits per heavy atom. The van der Waals surface area contributed by atoms with Gasteiger partial charge < -0.3 is 15.0 Å². The summed E-state index contributed by atoms with van der Waals surface area (Å²) in [5.74, 6) is 1.57. The number of amides is 1. The Kier molecular flexibility index (Phi) is 5.40. The highest BCUT2D eigenvalue weighted by molar-refractivity contribution is 5.94. The van der Waals surface area contributed by atoms with Gasteiger partial charge in [-0.1, -0.05) is 30.3 Å². The van der Waals surface area contributed by atoms with Crippen LogP contribution in [0.25, 0.3) is 0 Å². The smallest absolute Gasteiger partial charge is 0.251 e. The Morgan fingerprint density at radius 3 is 2.75 bits per heavy atom. The fraction of sp³-hybridized carbons (Fsp3) is 0.458. The lowest BCUT2D eigenvalue weighted by Crippen LogP contribution is -2.55. The standard InChI is InChI=1S/C24H30N2O2/c1-26-14-13-24(19-9-6-10-22(15-19)28-2)16-21(12-11-20(24)17-26)25-23(27)18-7-4-3-5-8-18/h3-10,15,20-21H,11-14,16-17H2,1-2H3,(H,25,27)/t20?,21-,24?/m0/s1. The number of rotatable bonds is 4. The van der Waals surface area contributed by atoms with E-state index in [-0.39, 0.29) is 17.4 Å². The molecular formula is C24H30N2O2. The number of likely N-dealkylation sites (tertiary alicyclic amines) is 1. The van der Waals surface area contributed by atoms with Crippen molar-refractivity contribution in [1.29, 1.82) is 0 Å². The van der Waals surface area contributed by atoms with Crippen LogP contribution in [0.15, 0.2) is 54.6 Å². The van der Waals surface area contributed by atoms with Gasteiger partial charge in [0, 0.05) is 23.6 Å². The molecule has 4 heteroatoms. The molecule has 0 bridgehead atoms. The summed E-state index contributed by atoms with van der Waals surface area (Å²) >= 11 is 0. The van der Waals surface area contributed by atoms with Crippen molar-refractivity contribution in [1.82, 2.24) is 10.2 Å². The highest BCUT2D eigenvalue weighted by Crippen LogP contribution is 2.49. The molecule has 1 aliphatic carbocycles. The van der Waals surface area contributed by atoms with Crippen LogP contribution in [0.5, 0.6) is 5.75 Å². The molecule has 4 nitrogen and oxygen atoms in total. The van der Waals surface area contributed by atoms with Gasteiger partial charge in [0.05, 0.1) is 7.11 Å². The third kappa shape index (κ3) is 3.66. The van der Waals surface area contributed by atoms with Gasteiger partial charge >= 0.3 is 0 Å². The molecule has 3 atom stereocenters. The number of fused-ring (bicyclic) bond motifs is 1. The van der Waals surface area contributed by atoms with E-state index < -0.39 is 0 Å². The van der Waals surface area contributed by atoms with Crippen LogP contribution in [-0.4, -0.2) is 44.1 Å². The van der Waals surface area contributed by atoms with E-state index in [1.807, 2.05) is 36.4 Å². The first kappa shape index (κ1) is 19.0. The zero-order valence-electron chi connectivity index (χ0n) is 16.9. The van der Waals surface area contributed by atoms with Crippen molar-refractivity contribution in [3.63, 3.8) is 0 Å². The summed E-state index contributed by atoms with van der Waals surface area (Å²) in [5.41, 5.74) is 2.21. The number of benzene rings is 2. The summed E-state index contributed by atoms with van der Waals surface area (Å²) in [6.07, 6.45) is 4.31. The van der Waals surface area contributed by atoms with E-state index in [2.05, 4.69) is 35.5 Å². The molecule has 148 valence electrons. The summed E-state index contributed by atoms with van der Waals surface area (Å²) in [6, 6.07) is 18.3. The van der Waals surface area contributed by atoms with Crippen molar-refractivity contribution >= 4 is 5.91 Å². The summed E-state index contributed by atoms with van der Waals surface area (Å²) in [4.78, 5) is 15.2. The molecule has 0 aromatic heterocycles. The summed E-state index contributed by atoms with van der Waals surface area (Å²) in [5, 5.41) is 3.32. The molecule has 1 saturated carbocycles. The molecule has 28 heavy (non-hydrogen) atoms. The van der Waals surface area contributed by atoms with Gasteiger partial charge in [-0.15, -0.1) is 0 Å². The molecule has 0 spiro atoms. The molecule has 1 saturated heterocycles. The predicted molar refractivity (Wildman–Crippen MR) is 112 cm³/mol. The quantitative estimate of drug-likeness (QED) is 0.878. The van der Waals surface area contributed by atoms with Gasteiger partial charge in [0.25, 0.3) is 5.91 Å².